The van der Waals surface area contributed by atoms with Crippen LogP contribution in [0.1, 0.15) is 25.2 Å². The number of hydrogen-bond donors (Lipinski definition) is 2. The van der Waals surface area contributed by atoms with Crippen molar-refractivity contribution < 1.29 is 26.7 Å². The van der Waals surface area contributed by atoms with Crippen molar-refractivity contribution in [2.45, 2.75) is 33.1 Å². The van der Waals surface area contributed by atoms with Crippen LogP contribution in [-0.2, 0) is 10.7 Å². The molecule has 0 bridgehead atoms. The first kappa shape index (κ1) is 27.1. The van der Waals surface area contributed by atoms with E-state index in [1.165, 1.54) is 22.9 Å². The molecule has 2 aromatic rings. The van der Waals surface area contributed by atoms with E-state index in [1.807, 2.05) is 0 Å². The molecule has 1 aromatic carbocycles. The van der Waals surface area contributed by atoms with Crippen LogP contribution in [0.5, 0.6) is 0 Å². The molecular weight excluding hydrogens is 525 g/mol. The molecule has 0 fully saturated rings. The summed E-state index contributed by atoms with van der Waals surface area (Å²) in [7, 11) is 0. The maximum absolute atomic E-state index is 13.8. The summed E-state index contributed by atoms with van der Waals surface area (Å²) in [5, 5.41) is 5.16. The Balaban J connectivity index is 2.56. The minimum Gasteiger partial charge on any atom is -0.411 e. The van der Waals surface area contributed by atoms with Gasteiger partial charge in [0.05, 0.1) is 17.1 Å². The molecule has 0 saturated carbocycles. The number of hydrazine groups is 1. The Morgan fingerprint density at radius 3 is 2.35 bits per heavy atom. The fraction of sp³-hybridized carbons (Fsp3) is 0.227. The second-order valence-corrected chi connectivity index (χ2v) is 8.09. The summed E-state index contributed by atoms with van der Waals surface area (Å²) in [6.07, 6.45) is 0.00232. The number of halogens is 6. The molecule has 0 unspecified atom stereocenters. The van der Waals surface area contributed by atoms with Crippen molar-refractivity contribution in [1.29, 1.82) is 0 Å². The fourth-order valence-electron chi connectivity index (χ4n) is 2.93. The highest BCUT2D eigenvalue weighted by Gasteiger charge is 2.31. The second-order valence-electron chi connectivity index (χ2n) is 7.18. The van der Waals surface area contributed by atoms with Gasteiger partial charge >= 0.3 is 6.36 Å². The topological polar surface area (TPSA) is 82.3 Å². The molecule has 34 heavy (non-hydrogen) atoms. The van der Waals surface area contributed by atoms with E-state index in [2.05, 4.69) is 32.3 Å². The standard InChI is InChI=1S/C22H23BrF5N5O/c1-5-15(7-6-14(3)34-22(26,27)28)19(12-29)32(30)18-11-16(23)8-9-17(18)33-13(2)10-20(31-33)21(4,24)25/h5-12H,1,29-30H2,2-4H3/b14-6+,15-7+,19-12-. The summed E-state index contributed by atoms with van der Waals surface area (Å²) in [5.74, 6) is 2.76. The number of ether oxygens (including phenoxy) is 1. The number of anilines is 1. The lowest BCUT2D eigenvalue weighted by atomic mass is 10.1. The van der Waals surface area contributed by atoms with Gasteiger partial charge in [0, 0.05) is 28.9 Å². The lowest BCUT2D eigenvalue weighted by Gasteiger charge is -2.25. The van der Waals surface area contributed by atoms with Crippen LogP contribution in [-0.4, -0.2) is 16.1 Å². The van der Waals surface area contributed by atoms with Crippen LogP contribution in [0.3, 0.4) is 0 Å². The second kappa shape index (κ2) is 10.4. The molecular formula is C22H23BrF5N5O. The molecule has 1 heterocycles. The number of rotatable bonds is 8. The Labute approximate surface area is 201 Å². The molecule has 0 spiro atoms. The molecule has 2 rings (SSSR count). The molecule has 0 saturated heterocycles. The monoisotopic (exact) mass is 547 g/mol. The molecule has 0 radical (unpaired) electrons. The van der Waals surface area contributed by atoms with Gasteiger partial charge in [-0.3, -0.25) is 5.01 Å². The van der Waals surface area contributed by atoms with Crippen molar-refractivity contribution >= 4 is 21.6 Å². The van der Waals surface area contributed by atoms with Crippen LogP contribution >= 0.6 is 15.9 Å². The minimum absolute atomic E-state index is 0.163. The van der Waals surface area contributed by atoms with Crippen molar-refractivity contribution in [3.63, 3.8) is 0 Å². The number of aromatic nitrogens is 2. The first-order valence-electron chi connectivity index (χ1n) is 9.66. The van der Waals surface area contributed by atoms with E-state index in [0.717, 1.165) is 31.1 Å². The van der Waals surface area contributed by atoms with Gasteiger partial charge in [-0.05, 0) is 50.3 Å². The SMILES string of the molecule is C=CC(=C\C=C(/C)OC(F)(F)F)/C(=C/N)N(N)c1cc(Br)ccc1-n1nc(C(C)(F)F)cc1C. The van der Waals surface area contributed by atoms with Gasteiger partial charge in [0.25, 0.3) is 5.92 Å². The third kappa shape index (κ3) is 6.70. The van der Waals surface area contributed by atoms with E-state index < -0.39 is 23.7 Å². The average molecular weight is 548 g/mol. The predicted molar refractivity (Wildman–Crippen MR) is 124 cm³/mol. The Kier molecular flexibility index (Phi) is 8.32. The summed E-state index contributed by atoms with van der Waals surface area (Å²) >= 11 is 3.35. The third-order valence-electron chi connectivity index (χ3n) is 4.47. The van der Waals surface area contributed by atoms with E-state index >= 15 is 0 Å². The summed E-state index contributed by atoms with van der Waals surface area (Å²) in [6.45, 7) is 7.13. The molecule has 1 aromatic heterocycles. The van der Waals surface area contributed by atoms with E-state index in [0.29, 0.717) is 21.5 Å². The third-order valence-corrected chi connectivity index (χ3v) is 4.96. The van der Waals surface area contributed by atoms with Gasteiger partial charge in [0.1, 0.15) is 11.5 Å². The summed E-state index contributed by atoms with van der Waals surface area (Å²) in [6, 6.07) is 6.16. The van der Waals surface area contributed by atoms with E-state index in [9.17, 15) is 22.0 Å². The van der Waals surface area contributed by atoms with Gasteiger partial charge in [-0.15, -0.1) is 13.2 Å². The van der Waals surface area contributed by atoms with Gasteiger partial charge in [0.2, 0.25) is 0 Å². The highest BCUT2D eigenvalue weighted by Crippen LogP contribution is 2.33. The average Bonchev–Trinajstić information content (AvgIpc) is 3.11. The van der Waals surface area contributed by atoms with Crippen LogP contribution in [0.4, 0.5) is 27.6 Å². The molecule has 12 heteroatoms. The number of benzene rings is 1. The number of allylic oxidation sites excluding steroid dienone is 4. The van der Waals surface area contributed by atoms with Gasteiger partial charge in [-0.2, -0.15) is 13.9 Å². The zero-order valence-electron chi connectivity index (χ0n) is 18.5. The number of alkyl halides is 5. The minimum atomic E-state index is -4.84. The molecule has 0 aliphatic heterocycles. The lowest BCUT2D eigenvalue weighted by molar-refractivity contribution is -0.305. The first-order chi connectivity index (χ1) is 15.7. The van der Waals surface area contributed by atoms with Crippen molar-refractivity contribution in [1.82, 2.24) is 9.78 Å². The van der Waals surface area contributed by atoms with E-state index in [-0.39, 0.29) is 11.3 Å². The zero-order chi connectivity index (χ0) is 25.8. The highest BCUT2D eigenvalue weighted by atomic mass is 79.9. The number of aryl methyl sites for hydroxylation is 1. The summed E-state index contributed by atoms with van der Waals surface area (Å²) in [5.41, 5.74) is 6.87. The Bertz CT molecular complexity index is 1150. The summed E-state index contributed by atoms with van der Waals surface area (Å²) in [4.78, 5) is 0. The largest absolute Gasteiger partial charge is 0.572 e. The number of hydrogen-bond acceptors (Lipinski definition) is 5. The van der Waals surface area contributed by atoms with Crippen LogP contribution in [0.15, 0.2) is 76.8 Å². The number of nitrogens with two attached hydrogens (primary N) is 2. The van der Waals surface area contributed by atoms with Crippen LogP contribution in [0.2, 0.25) is 0 Å². The Morgan fingerprint density at radius 1 is 1.21 bits per heavy atom. The number of nitrogens with zero attached hydrogens (tertiary/aromatic N) is 3. The van der Waals surface area contributed by atoms with Crippen molar-refractivity contribution in [2.24, 2.45) is 11.6 Å². The fourth-order valence-corrected chi connectivity index (χ4v) is 3.28. The van der Waals surface area contributed by atoms with Gasteiger partial charge in [0.15, 0.2) is 0 Å². The van der Waals surface area contributed by atoms with Crippen LogP contribution in [0, 0.1) is 6.92 Å². The first-order valence-corrected chi connectivity index (χ1v) is 10.5. The summed E-state index contributed by atoms with van der Waals surface area (Å²) < 4.78 is 70.7. The normalized spacial score (nSPS) is 13.8. The van der Waals surface area contributed by atoms with Gasteiger partial charge < -0.3 is 10.5 Å². The molecule has 0 aliphatic carbocycles. The van der Waals surface area contributed by atoms with Crippen LogP contribution in [0.25, 0.3) is 5.69 Å². The lowest BCUT2D eigenvalue weighted by Crippen LogP contribution is -2.32. The Morgan fingerprint density at radius 2 is 1.85 bits per heavy atom. The van der Waals surface area contributed by atoms with Gasteiger partial charge in [-0.1, -0.05) is 28.6 Å². The predicted octanol–water partition coefficient (Wildman–Crippen LogP) is 6.09. The zero-order valence-corrected chi connectivity index (χ0v) is 20.1. The van der Waals surface area contributed by atoms with Gasteiger partial charge in [-0.25, -0.2) is 10.5 Å². The molecule has 4 N–H and O–H groups in total. The molecule has 0 atom stereocenters. The quantitative estimate of drug-likeness (QED) is 0.137. The molecule has 6 nitrogen and oxygen atoms in total. The maximum Gasteiger partial charge on any atom is 0.572 e. The Hall–Kier alpha value is -3.12. The molecule has 0 aliphatic rings. The van der Waals surface area contributed by atoms with E-state index in [4.69, 9.17) is 11.6 Å². The smallest absolute Gasteiger partial charge is 0.411 e. The van der Waals surface area contributed by atoms with Crippen molar-refractivity contribution in [2.75, 3.05) is 5.01 Å². The molecule has 184 valence electrons. The van der Waals surface area contributed by atoms with Crippen LogP contribution < -0.4 is 16.6 Å². The maximum atomic E-state index is 13.8. The highest BCUT2D eigenvalue weighted by molar-refractivity contribution is 9.10. The van der Waals surface area contributed by atoms with Crippen molar-refractivity contribution in [3.8, 4) is 5.69 Å². The molecule has 0 amide bonds. The van der Waals surface area contributed by atoms with Crippen molar-refractivity contribution in [3.05, 3.63) is 88.2 Å². The van der Waals surface area contributed by atoms with E-state index in [1.54, 1.807) is 25.1 Å².